The molecule has 0 amide bonds. The fourth-order valence-corrected chi connectivity index (χ4v) is 3.27. The minimum Gasteiger partial charge on any atom is -0.445 e. The van der Waals surface area contributed by atoms with E-state index in [1.165, 1.54) is 12.0 Å². The van der Waals surface area contributed by atoms with Crippen molar-refractivity contribution in [2.75, 3.05) is 0 Å². The van der Waals surface area contributed by atoms with Crippen molar-refractivity contribution in [2.45, 2.75) is 38.0 Å². The molecule has 2 N–H and O–H groups in total. The zero-order valence-corrected chi connectivity index (χ0v) is 12.5. The Bertz CT molecular complexity index is 652. The molecule has 108 valence electrons. The third-order valence-corrected chi connectivity index (χ3v) is 4.42. The average Bonchev–Trinajstić information content (AvgIpc) is 2.72. The number of benzene rings is 1. The van der Waals surface area contributed by atoms with Crippen molar-refractivity contribution in [1.82, 2.24) is 0 Å². The molecule has 1 aliphatic carbocycles. The molecular formula is C17H17ClN2O. The number of rotatable bonds is 1. The van der Waals surface area contributed by atoms with Crippen molar-refractivity contribution in [3.8, 4) is 6.07 Å². The van der Waals surface area contributed by atoms with Gasteiger partial charge in [-0.2, -0.15) is 5.26 Å². The van der Waals surface area contributed by atoms with Crippen LogP contribution in [-0.4, -0.2) is 0 Å². The van der Waals surface area contributed by atoms with Gasteiger partial charge >= 0.3 is 0 Å². The number of hydrogen-bond acceptors (Lipinski definition) is 3. The molecule has 3 rings (SSSR count). The first kappa shape index (κ1) is 14.0. The lowest BCUT2D eigenvalue weighted by atomic mass is 9.81. The Morgan fingerprint density at radius 3 is 2.57 bits per heavy atom. The summed E-state index contributed by atoms with van der Waals surface area (Å²) < 4.78 is 5.74. The summed E-state index contributed by atoms with van der Waals surface area (Å²) in [4.78, 5) is 0. The molecular weight excluding hydrogens is 284 g/mol. The largest absolute Gasteiger partial charge is 0.445 e. The van der Waals surface area contributed by atoms with Crippen molar-refractivity contribution in [1.29, 1.82) is 5.26 Å². The summed E-state index contributed by atoms with van der Waals surface area (Å²) in [5, 5.41) is 10.2. The summed E-state index contributed by atoms with van der Waals surface area (Å²) in [6.45, 7) is 0. The first-order valence-corrected chi connectivity index (χ1v) is 7.63. The van der Waals surface area contributed by atoms with E-state index in [1.54, 1.807) is 0 Å². The van der Waals surface area contributed by atoms with Crippen molar-refractivity contribution in [3.63, 3.8) is 0 Å². The van der Waals surface area contributed by atoms with Crippen LogP contribution >= 0.6 is 11.6 Å². The minimum atomic E-state index is -0.0888. The van der Waals surface area contributed by atoms with Crippen LogP contribution in [0.1, 0.15) is 43.6 Å². The zero-order valence-electron chi connectivity index (χ0n) is 11.7. The van der Waals surface area contributed by atoms with Gasteiger partial charge in [0.25, 0.3) is 0 Å². The number of allylic oxidation sites excluding steroid dienone is 3. The third-order valence-electron chi connectivity index (χ3n) is 4.17. The van der Waals surface area contributed by atoms with Gasteiger partial charge in [0.1, 0.15) is 17.4 Å². The molecule has 0 fully saturated rings. The van der Waals surface area contributed by atoms with E-state index in [2.05, 4.69) is 6.07 Å². The standard InChI is InChI=1S/C17H17ClN2O/c18-12-8-6-11(7-9-12)16-13-4-2-1-3-5-15(13)21-17(20)14(16)10-19/h6-9,16H,1-5,20H2. The molecule has 1 heterocycles. The smallest absolute Gasteiger partial charge is 0.205 e. The molecule has 0 bridgehead atoms. The van der Waals surface area contributed by atoms with E-state index in [9.17, 15) is 5.26 Å². The fourth-order valence-electron chi connectivity index (χ4n) is 3.15. The SMILES string of the molecule is N#CC1=C(N)OC2=C(CCCCC2)C1c1ccc(Cl)cc1. The van der Waals surface area contributed by atoms with Crippen LogP contribution < -0.4 is 5.73 Å². The number of nitriles is 1. The van der Waals surface area contributed by atoms with Crippen LogP contribution in [-0.2, 0) is 4.74 Å². The molecule has 1 atom stereocenters. The highest BCUT2D eigenvalue weighted by Gasteiger charge is 2.32. The summed E-state index contributed by atoms with van der Waals surface area (Å²) in [5.41, 5.74) is 8.75. The van der Waals surface area contributed by atoms with Crippen molar-refractivity contribution < 1.29 is 4.74 Å². The summed E-state index contributed by atoms with van der Waals surface area (Å²) in [5.74, 6) is 1.12. The minimum absolute atomic E-state index is 0.0888. The van der Waals surface area contributed by atoms with Gasteiger partial charge in [-0.05, 0) is 42.5 Å². The Hall–Kier alpha value is -1.92. The Morgan fingerprint density at radius 1 is 1.14 bits per heavy atom. The zero-order chi connectivity index (χ0) is 14.8. The van der Waals surface area contributed by atoms with Gasteiger partial charge in [-0.3, -0.25) is 0 Å². The van der Waals surface area contributed by atoms with E-state index in [1.807, 2.05) is 24.3 Å². The maximum atomic E-state index is 9.49. The van der Waals surface area contributed by atoms with Gasteiger partial charge in [-0.15, -0.1) is 0 Å². The Balaban J connectivity index is 2.10. The Labute approximate surface area is 129 Å². The number of halogens is 1. The average molecular weight is 301 g/mol. The fraction of sp³-hybridized carbons (Fsp3) is 0.353. The molecule has 2 aliphatic rings. The molecule has 0 saturated heterocycles. The van der Waals surface area contributed by atoms with E-state index in [-0.39, 0.29) is 11.8 Å². The maximum absolute atomic E-state index is 9.49. The molecule has 1 aromatic rings. The van der Waals surface area contributed by atoms with E-state index >= 15 is 0 Å². The maximum Gasteiger partial charge on any atom is 0.205 e. The second kappa shape index (κ2) is 5.83. The van der Waals surface area contributed by atoms with Gasteiger partial charge in [0.05, 0.1) is 0 Å². The Morgan fingerprint density at radius 2 is 1.86 bits per heavy atom. The first-order chi connectivity index (χ1) is 10.2. The lowest BCUT2D eigenvalue weighted by molar-refractivity contribution is 0.264. The molecule has 4 heteroatoms. The van der Waals surface area contributed by atoms with Crippen LogP contribution in [0.5, 0.6) is 0 Å². The van der Waals surface area contributed by atoms with Crippen molar-refractivity contribution >= 4 is 11.6 Å². The number of hydrogen-bond donors (Lipinski definition) is 1. The third kappa shape index (κ3) is 2.64. The lowest BCUT2D eigenvalue weighted by Crippen LogP contribution is -2.20. The van der Waals surface area contributed by atoms with E-state index < -0.39 is 0 Å². The Kier molecular flexibility index (Phi) is 3.90. The van der Waals surface area contributed by atoms with Crippen LogP contribution in [0.3, 0.4) is 0 Å². The predicted molar refractivity (Wildman–Crippen MR) is 82.2 cm³/mol. The number of ether oxygens (including phenoxy) is 1. The van der Waals surface area contributed by atoms with Gasteiger partial charge in [0.15, 0.2) is 0 Å². The highest BCUT2D eigenvalue weighted by Crippen LogP contribution is 2.43. The molecule has 21 heavy (non-hydrogen) atoms. The summed E-state index contributed by atoms with van der Waals surface area (Å²) in [6.07, 6.45) is 5.29. The topological polar surface area (TPSA) is 59.0 Å². The quantitative estimate of drug-likeness (QED) is 0.838. The van der Waals surface area contributed by atoms with Crippen LogP contribution in [0, 0.1) is 11.3 Å². The summed E-state index contributed by atoms with van der Waals surface area (Å²) in [6, 6.07) is 9.89. The molecule has 0 spiro atoms. The van der Waals surface area contributed by atoms with E-state index in [0.29, 0.717) is 10.6 Å². The van der Waals surface area contributed by atoms with E-state index in [0.717, 1.165) is 37.0 Å². The van der Waals surface area contributed by atoms with Gasteiger partial charge in [0.2, 0.25) is 5.88 Å². The van der Waals surface area contributed by atoms with Gasteiger partial charge < -0.3 is 10.5 Å². The molecule has 1 aromatic carbocycles. The monoisotopic (exact) mass is 300 g/mol. The van der Waals surface area contributed by atoms with Crippen LogP contribution in [0.25, 0.3) is 0 Å². The molecule has 1 aliphatic heterocycles. The lowest BCUT2D eigenvalue weighted by Gasteiger charge is -2.28. The summed E-state index contributed by atoms with van der Waals surface area (Å²) >= 11 is 5.97. The number of nitrogens with zero attached hydrogens (tertiary/aromatic N) is 1. The van der Waals surface area contributed by atoms with Crippen LogP contribution in [0.15, 0.2) is 47.1 Å². The highest BCUT2D eigenvalue weighted by atomic mass is 35.5. The first-order valence-electron chi connectivity index (χ1n) is 7.25. The molecule has 3 nitrogen and oxygen atoms in total. The molecule has 1 unspecified atom stereocenters. The second-order valence-corrected chi connectivity index (χ2v) is 5.92. The molecule has 0 radical (unpaired) electrons. The number of nitrogens with two attached hydrogens (primary N) is 1. The van der Waals surface area contributed by atoms with Crippen LogP contribution in [0.2, 0.25) is 5.02 Å². The van der Waals surface area contributed by atoms with Gasteiger partial charge in [-0.1, -0.05) is 30.2 Å². The van der Waals surface area contributed by atoms with E-state index in [4.69, 9.17) is 22.1 Å². The van der Waals surface area contributed by atoms with Crippen molar-refractivity contribution in [3.05, 3.63) is 57.6 Å². The second-order valence-electron chi connectivity index (χ2n) is 5.49. The molecule has 0 saturated carbocycles. The highest BCUT2D eigenvalue weighted by molar-refractivity contribution is 6.30. The molecule has 0 aromatic heterocycles. The van der Waals surface area contributed by atoms with Crippen molar-refractivity contribution in [2.24, 2.45) is 5.73 Å². The predicted octanol–water partition coefficient (Wildman–Crippen LogP) is 4.37. The normalized spacial score (nSPS) is 22.2. The van der Waals surface area contributed by atoms with Crippen LogP contribution in [0.4, 0.5) is 0 Å². The van der Waals surface area contributed by atoms with Gasteiger partial charge in [-0.25, -0.2) is 0 Å². The van der Waals surface area contributed by atoms with Gasteiger partial charge in [0, 0.05) is 17.4 Å². The summed E-state index contributed by atoms with van der Waals surface area (Å²) in [7, 11) is 0.